The number of H-pyrrole nitrogens is 1. The lowest BCUT2D eigenvalue weighted by Crippen LogP contribution is -2.17. The number of carbonyl (C=O) groups excluding carboxylic acids is 1. The second-order valence-electron chi connectivity index (χ2n) is 3.91. The SMILES string of the molecule is O=C(N/N=C/c1cc(Br)c2c(c1)OCO2)c1ccn[nH]1. The minimum absolute atomic E-state index is 0.199. The zero-order valence-corrected chi connectivity index (χ0v) is 11.7. The van der Waals surface area contributed by atoms with Crippen LogP contribution in [0.25, 0.3) is 0 Å². The van der Waals surface area contributed by atoms with Crippen molar-refractivity contribution in [1.29, 1.82) is 0 Å². The zero-order valence-electron chi connectivity index (χ0n) is 10.1. The van der Waals surface area contributed by atoms with E-state index in [1.807, 2.05) is 6.07 Å². The van der Waals surface area contributed by atoms with Gasteiger partial charge in [-0.05, 0) is 39.7 Å². The summed E-state index contributed by atoms with van der Waals surface area (Å²) in [6.45, 7) is 0.199. The van der Waals surface area contributed by atoms with Gasteiger partial charge in [-0.2, -0.15) is 10.2 Å². The molecule has 0 saturated carbocycles. The van der Waals surface area contributed by atoms with Gasteiger partial charge in [0.1, 0.15) is 5.69 Å². The summed E-state index contributed by atoms with van der Waals surface area (Å²) >= 11 is 3.38. The first-order valence-corrected chi connectivity index (χ1v) is 6.45. The number of halogens is 1. The van der Waals surface area contributed by atoms with Crippen molar-refractivity contribution in [1.82, 2.24) is 15.6 Å². The number of aromatic amines is 1. The van der Waals surface area contributed by atoms with Gasteiger partial charge in [0.25, 0.3) is 5.91 Å². The van der Waals surface area contributed by atoms with Crippen molar-refractivity contribution in [3.8, 4) is 11.5 Å². The predicted octanol–water partition coefficient (Wildman–Crippen LogP) is 1.66. The van der Waals surface area contributed by atoms with Gasteiger partial charge in [-0.3, -0.25) is 9.89 Å². The van der Waals surface area contributed by atoms with Crippen LogP contribution in [0.5, 0.6) is 11.5 Å². The van der Waals surface area contributed by atoms with Crippen molar-refractivity contribution in [2.24, 2.45) is 5.10 Å². The number of benzene rings is 1. The molecule has 1 amide bonds. The Morgan fingerprint density at radius 3 is 3.20 bits per heavy atom. The minimum atomic E-state index is -0.362. The fourth-order valence-corrected chi connectivity index (χ4v) is 2.24. The highest BCUT2D eigenvalue weighted by atomic mass is 79.9. The van der Waals surface area contributed by atoms with Gasteiger partial charge in [-0.15, -0.1) is 0 Å². The molecular weight excluding hydrogens is 328 g/mol. The van der Waals surface area contributed by atoms with Crippen molar-refractivity contribution in [2.45, 2.75) is 0 Å². The van der Waals surface area contributed by atoms with Crippen LogP contribution >= 0.6 is 15.9 Å². The maximum Gasteiger partial charge on any atom is 0.289 e. The third-order valence-corrected chi connectivity index (χ3v) is 3.16. The van der Waals surface area contributed by atoms with Crippen LogP contribution in [0.1, 0.15) is 16.1 Å². The lowest BCUT2D eigenvalue weighted by molar-refractivity contribution is 0.0950. The number of hydrogen-bond acceptors (Lipinski definition) is 5. The molecule has 1 aromatic carbocycles. The van der Waals surface area contributed by atoms with Crippen molar-refractivity contribution >= 4 is 28.1 Å². The van der Waals surface area contributed by atoms with E-state index < -0.39 is 0 Å². The number of amides is 1. The van der Waals surface area contributed by atoms with E-state index in [0.717, 1.165) is 10.0 Å². The maximum absolute atomic E-state index is 11.6. The molecule has 0 fully saturated rings. The summed E-state index contributed by atoms with van der Waals surface area (Å²) in [5.74, 6) is 0.947. The molecule has 0 unspecified atom stereocenters. The molecule has 2 heterocycles. The molecule has 2 aromatic rings. The molecule has 20 heavy (non-hydrogen) atoms. The molecule has 7 nitrogen and oxygen atoms in total. The standard InChI is InChI=1S/C12H9BrN4O3/c13-8-3-7(4-10-11(8)20-6-19-10)5-15-17-12(18)9-1-2-14-16-9/h1-5H,6H2,(H,14,16)(H,17,18)/b15-5+. The number of ether oxygens (including phenoxy) is 2. The Morgan fingerprint density at radius 1 is 1.50 bits per heavy atom. The number of aromatic nitrogens is 2. The van der Waals surface area contributed by atoms with Crippen LogP contribution in [0, 0.1) is 0 Å². The van der Waals surface area contributed by atoms with Gasteiger partial charge in [0.15, 0.2) is 11.5 Å². The Labute approximate surface area is 122 Å². The van der Waals surface area contributed by atoms with Crippen molar-refractivity contribution in [3.63, 3.8) is 0 Å². The average Bonchev–Trinajstić information content (AvgIpc) is 3.09. The smallest absolute Gasteiger partial charge is 0.289 e. The lowest BCUT2D eigenvalue weighted by atomic mass is 10.2. The molecule has 2 N–H and O–H groups in total. The summed E-state index contributed by atoms with van der Waals surface area (Å²) in [6, 6.07) is 5.15. The van der Waals surface area contributed by atoms with Gasteiger partial charge in [0.05, 0.1) is 10.7 Å². The molecular formula is C12H9BrN4O3. The molecule has 0 saturated heterocycles. The monoisotopic (exact) mass is 336 g/mol. The highest BCUT2D eigenvalue weighted by molar-refractivity contribution is 9.10. The topological polar surface area (TPSA) is 88.6 Å². The summed E-state index contributed by atoms with van der Waals surface area (Å²) in [5.41, 5.74) is 3.50. The summed E-state index contributed by atoms with van der Waals surface area (Å²) in [5, 5.41) is 10.1. The molecule has 8 heteroatoms. The zero-order chi connectivity index (χ0) is 13.9. The van der Waals surface area contributed by atoms with Gasteiger partial charge in [0.2, 0.25) is 6.79 Å². The van der Waals surface area contributed by atoms with Crippen LogP contribution in [0.4, 0.5) is 0 Å². The van der Waals surface area contributed by atoms with Crippen LogP contribution in [0.3, 0.4) is 0 Å². The molecule has 1 aliphatic rings. The van der Waals surface area contributed by atoms with E-state index in [-0.39, 0.29) is 12.7 Å². The second kappa shape index (κ2) is 5.33. The van der Waals surface area contributed by atoms with Gasteiger partial charge in [0, 0.05) is 6.20 Å². The Hall–Kier alpha value is -2.35. The van der Waals surface area contributed by atoms with E-state index in [4.69, 9.17) is 9.47 Å². The molecule has 0 aliphatic carbocycles. The Kier molecular flexibility index (Phi) is 3.38. The normalized spacial score (nSPS) is 12.8. The van der Waals surface area contributed by atoms with Crippen LogP contribution < -0.4 is 14.9 Å². The fraction of sp³-hybridized carbons (Fsp3) is 0.0833. The Balaban J connectivity index is 1.70. The van der Waals surface area contributed by atoms with Crippen LogP contribution in [-0.4, -0.2) is 29.1 Å². The first-order valence-electron chi connectivity index (χ1n) is 5.66. The van der Waals surface area contributed by atoms with Crippen molar-refractivity contribution in [3.05, 3.63) is 40.1 Å². The van der Waals surface area contributed by atoms with Gasteiger partial charge in [-0.25, -0.2) is 5.43 Å². The fourth-order valence-electron chi connectivity index (χ4n) is 1.67. The number of carbonyl (C=O) groups is 1. The minimum Gasteiger partial charge on any atom is -0.454 e. The average molecular weight is 337 g/mol. The van der Waals surface area contributed by atoms with E-state index in [1.54, 1.807) is 12.1 Å². The van der Waals surface area contributed by atoms with Crippen LogP contribution in [0.2, 0.25) is 0 Å². The summed E-state index contributed by atoms with van der Waals surface area (Å²) in [7, 11) is 0. The molecule has 0 bridgehead atoms. The summed E-state index contributed by atoms with van der Waals surface area (Å²) < 4.78 is 11.3. The van der Waals surface area contributed by atoms with Crippen molar-refractivity contribution < 1.29 is 14.3 Å². The number of rotatable bonds is 3. The molecule has 102 valence electrons. The number of hydrogen-bond donors (Lipinski definition) is 2. The lowest BCUT2D eigenvalue weighted by Gasteiger charge is -2.01. The van der Waals surface area contributed by atoms with Gasteiger partial charge in [-0.1, -0.05) is 0 Å². The number of hydrazone groups is 1. The molecule has 1 aliphatic heterocycles. The molecule has 1 aromatic heterocycles. The summed E-state index contributed by atoms with van der Waals surface area (Å²) in [4.78, 5) is 11.6. The first-order chi connectivity index (χ1) is 9.74. The van der Waals surface area contributed by atoms with E-state index >= 15 is 0 Å². The van der Waals surface area contributed by atoms with Gasteiger partial charge < -0.3 is 9.47 Å². The molecule has 0 radical (unpaired) electrons. The highest BCUT2D eigenvalue weighted by Crippen LogP contribution is 2.39. The van der Waals surface area contributed by atoms with E-state index in [9.17, 15) is 4.79 Å². The Bertz CT molecular complexity index is 670. The highest BCUT2D eigenvalue weighted by Gasteiger charge is 2.17. The predicted molar refractivity (Wildman–Crippen MR) is 73.9 cm³/mol. The summed E-state index contributed by atoms with van der Waals surface area (Å²) in [6.07, 6.45) is 3.01. The number of fused-ring (bicyclic) bond motifs is 1. The van der Waals surface area contributed by atoms with E-state index in [2.05, 4.69) is 36.7 Å². The number of nitrogens with zero attached hydrogens (tertiary/aromatic N) is 2. The third kappa shape index (κ3) is 2.50. The largest absolute Gasteiger partial charge is 0.454 e. The van der Waals surface area contributed by atoms with E-state index in [1.165, 1.54) is 12.4 Å². The third-order valence-electron chi connectivity index (χ3n) is 2.57. The maximum atomic E-state index is 11.6. The first kappa shape index (κ1) is 12.7. The molecule has 0 spiro atoms. The van der Waals surface area contributed by atoms with Crippen LogP contribution in [0.15, 0.2) is 34.0 Å². The quantitative estimate of drug-likeness (QED) is 0.659. The molecule has 0 atom stereocenters. The number of nitrogens with one attached hydrogen (secondary N) is 2. The second-order valence-corrected chi connectivity index (χ2v) is 4.76. The molecule has 3 rings (SSSR count). The van der Waals surface area contributed by atoms with E-state index in [0.29, 0.717) is 17.2 Å². The van der Waals surface area contributed by atoms with Crippen LogP contribution in [-0.2, 0) is 0 Å². The Morgan fingerprint density at radius 2 is 2.40 bits per heavy atom. The van der Waals surface area contributed by atoms with Gasteiger partial charge >= 0.3 is 0 Å². The van der Waals surface area contributed by atoms with Crippen molar-refractivity contribution in [2.75, 3.05) is 6.79 Å².